The van der Waals surface area contributed by atoms with E-state index in [4.69, 9.17) is 29.5 Å². The first-order valence-electron chi connectivity index (χ1n) is 21.6. The molecule has 9 amide bonds. The van der Waals surface area contributed by atoms with Crippen LogP contribution in [0.2, 0.25) is 0 Å². The summed E-state index contributed by atoms with van der Waals surface area (Å²) in [6.45, 7) is 14.2. The Balaban J connectivity index is 1.83. The Hall–Kier alpha value is -5.87. The Labute approximate surface area is 379 Å². The van der Waals surface area contributed by atoms with Crippen LogP contribution < -0.4 is 37.6 Å². The number of carbonyl (C=O) groups is 9. The minimum atomic E-state index is -1.08. The number of hydroxylamine groups is 2. The van der Waals surface area contributed by atoms with E-state index in [0.717, 1.165) is 0 Å². The molecule has 0 spiro atoms. The van der Waals surface area contributed by atoms with Gasteiger partial charge in [-0.1, -0.05) is 60.6 Å². The quantitative estimate of drug-likeness (QED) is 0.0443. The highest BCUT2D eigenvalue weighted by Gasteiger charge is 2.35. The molecule has 2 rings (SSSR count). The van der Waals surface area contributed by atoms with Crippen molar-refractivity contribution in [3.63, 3.8) is 0 Å². The van der Waals surface area contributed by atoms with Crippen LogP contribution in [0.5, 0.6) is 0 Å². The number of alkyl carbamates (subject to hydrolysis) is 1. The number of hydrogen-bond donors (Lipinski definition) is 7. The third-order valence-corrected chi connectivity index (χ3v) is 9.67. The van der Waals surface area contributed by atoms with Gasteiger partial charge in [-0.25, -0.2) is 14.4 Å². The van der Waals surface area contributed by atoms with Gasteiger partial charge in [0.1, 0.15) is 18.7 Å². The maximum Gasteiger partial charge on any atom is 0.407 e. The van der Waals surface area contributed by atoms with Crippen LogP contribution in [-0.2, 0) is 64.0 Å². The Morgan fingerprint density at radius 3 is 1.91 bits per heavy atom. The first kappa shape index (κ1) is 55.3. The third kappa shape index (κ3) is 22.1. The molecular weight excluding hydrogens is 853 g/mol. The maximum absolute atomic E-state index is 13.7. The second-order valence-electron chi connectivity index (χ2n) is 17.2. The molecule has 8 N–H and O–H groups in total. The van der Waals surface area contributed by atoms with Gasteiger partial charge in [-0.2, -0.15) is 0 Å². The summed E-state index contributed by atoms with van der Waals surface area (Å²) in [6, 6.07) is 3.64. The van der Waals surface area contributed by atoms with Gasteiger partial charge >= 0.3 is 18.1 Å². The van der Waals surface area contributed by atoms with Crippen molar-refractivity contribution >= 4 is 59.2 Å². The van der Waals surface area contributed by atoms with Gasteiger partial charge in [0.05, 0.1) is 39.5 Å². The number of ether oxygens (including phenoxy) is 4. The zero-order chi connectivity index (χ0) is 48.6. The van der Waals surface area contributed by atoms with Crippen molar-refractivity contribution in [2.45, 2.75) is 106 Å². The minimum absolute atomic E-state index is 0.0219. The number of nitrogens with zero attached hydrogens (tertiary/aromatic N) is 1. The second-order valence-corrected chi connectivity index (χ2v) is 17.2. The van der Waals surface area contributed by atoms with Crippen molar-refractivity contribution in [3.05, 3.63) is 29.8 Å². The molecule has 22 heteroatoms. The van der Waals surface area contributed by atoms with Crippen LogP contribution in [0.1, 0.15) is 92.6 Å². The summed E-state index contributed by atoms with van der Waals surface area (Å²) in [7, 11) is 0. The lowest BCUT2D eigenvalue weighted by Gasteiger charge is -2.30. The van der Waals surface area contributed by atoms with E-state index >= 15 is 0 Å². The zero-order valence-electron chi connectivity index (χ0n) is 38.6. The van der Waals surface area contributed by atoms with Gasteiger partial charge in [0.15, 0.2) is 0 Å². The molecule has 0 aliphatic carbocycles. The van der Waals surface area contributed by atoms with Crippen molar-refractivity contribution < 1.29 is 66.9 Å². The summed E-state index contributed by atoms with van der Waals surface area (Å²) in [6.07, 6.45) is -0.337. The molecule has 0 radical (unpaired) electrons. The number of hydrogen-bond acceptors (Lipinski definition) is 14. The minimum Gasteiger partial charge on any atom is -0.445 e. The lowest BCUT2D eigenvalue weighted by atomic mass is 9.87. The van der Waals surface area contributed by atoms with Crippen LogP contribution in [0.25, 0.3) is 0 Å². The number of primary amides is 1. The zero-order valence-corrected chi connectivity index (χ0v) is 38.6. The molecule has 0 saturated carbocycles. The molecule has 1 aromatic carbocycles. The lowest BCUT2D eigenvalue weighted by molar-refractivity contribution is -0.198. The van der Waals surface area contributed by atoms with E-state index in [1.807, 2.05) is 20.8 Å². The largest absolute Gasteiger partial charge is 0.445 e. The average Bonchev–Trinajstić information content (AvgIpc) is 3.55. The predicted molar refractivity (Wildman–Crippen MR) is 234 cm³/mol. The highest BCUT2D eigenvalue weighted by Crippen LogP contribution is 2.22. The van der Waals surface area contributed by atoms with Crippen LogP contribution >= 0.6 is 0 Å². The number of urea groups is 1. The molecule has 65 heavy (non-hydrogen) atoms. The molecule has 2 atom stereocenters. The van der Waals surface area contributed by atoms with Crippen LogP contribution in [0.4, 0.5) is 15.3 Å². The van der Waals surface area contributed by atoms with Crippen LogP contribution in [0, 0.1) is 16.7 Å². The number of anilines is 1. The topological polar surface area (TPSA) is 301 Å². The van der Waals surface area contributed by atoms with E-state index in [9.17, 15) is 43.2 Å². The standard InChI is InChI=1S/C43H68N8O14/c1-28(2)35(50-39(58)43(6,7)17-22-61-21-16-34(54)65-51-32(52)14-15-33(51)53)37(56)49-31(9-8-18-46-40(44)59)36(55)48-30-12-10-29(11-13-30)27-64-41(60)47-20-24-63-26-25-62-23-19-45-38(57)42(3,4)5/h10-13,28,31,35H,8-9,14-27H2,1-7H3,(H,45,57)(H,47,60)(H,48,55)(H,49,56)(H,50,58)(H3,44,46,59)/t31-,35?/m1/s1. The van der Waals surface area contributed by atoms with Gasteiger partial charge in [-0.15, -0.1) is 5.06 Å². The summed E-state index contributed by atoms with van der Waals surface area (Å²) in [5.74, 6) is -4.08. The molecule has 1 saturated heterocycles. The van der Waals surface area contributed by atoms with Crippen LogP contribution in [-0.4, -0.2) is 130 Å². The molecule has 0 aromatic heterocycles. The number of nitrogens with one attached hydrogen (secondary N) is 6. The van der Waals surface area contributed by atoms with E-state index < -0.39 is 76.5 Å². The summed E-state index contributed by atoms with van der Waals surface area (Å²) in [5.41, 5.74) is 4.71. The number of carbonyl (C=O) groups excluding carboxylic acids is 9. The number of rotatable bonds is 29. The highest BCUT2D eigenvalue weighted by molar-refractivity contribution is 6.01. The molecule has 1 unspecified atom stereocenters. The van der Waals surface area contributed by atoms with Gasteiger partial charge in [0, 0.05) is 55.6 Å². The van der Waals surface area contributed by atoms with Crippen LogP contribution in [0.15, 0.2) is 24.3 Å². The Morgan fingerprint density at radius 1 is 0.723 bits per heavy atom. The van der Waals surface area contributed by atoms with E-state index in [1.165, 1.54) is 0 Å². The summed E-state index contributed by atoms with van der Waals surface area (Å²) in [5, 5.41) is 16.6. The second kappa shape index (κ2) is 28.1. The summed E-state index contributed by atoms with van der Waals surface area (Å²) >= 11 is 0. The Bertz CT molecular complexity index is 1750. The monoisotopic (exact) mass is 920 g/mol. The SMILES string of the molecule is CC(C)C(NC(=O)C(C)(C)CCOCCC(=O)ON1C(=O)CCC1=O)C(=O)N[C@H](CCCNC(N)=O)C(=O)Nc1ccc(COC(=O)NCCOCCOCCNC(=O)C(C)(C)C)cc1. The van der Waals surface area contributed by atoms with E-state index in [2.05, 4.69) is 31.9 Å². The summed E-state index contributed by atoms with van der Waals surface area (Å²) in [4.78, 5) is 116. The predicted octanol–water partition coefficient (Wildman–Crippen LogP) is 1.55. The molecule has 22 nitrogen and oxygen atoms in total. The van der Waals surface area contributed by atoms with Gasteiger partial charge in [0.25, 0.3) is 11.8 Å². The van der Waals surface area contributed by atoms with Gasteiger partial charge in [-0.3, -0.25) is 28.8 Å². The maximum atomic E-state index is 13.7. The molecule has 1 fully saturated rings. The fourth-order valence-electron chi connectivity index (χ4n) is 5.59. The summed E-state index contributed by atoms with van der Waals surface area (Å²) < 4.78 is 21.6. The van der Waals surface area contributed by atoms with E-state index in [-0.39, 0.29) is 83.9 Å². The van der Waals surface area contributed by atoms with E-state index in [0.29, 0.717) is 42.7 Å². The highest BCUT2D eigenvalue weighted by atomic mass is 16.7. The molecule has 1 aliphatic rings. The fourth-order valence-corrected chi connectivity index (χ4v) is 5.59. The molecular formula is C43H68N8O14. The smallest absolute Gasteiger partial charge is 0.407 e. The third-order valence-electron chi connectivity index (χ3n) is 9.67. The Kier molecular flexibility index (Phi) is 23.9. The molecule has 364 valence electrons. The lowest BCUT2D eigenvalue weighted by Crippen LogP contribution is -2.56. The van der Waals surface area contributed by atoms with Gasteiger partial charge in [0.2, 0.25) is 23.6 Å². The van der Waals surface area contributed by atoms with Gasteiger partial charge in [-0.05, 0) is 42.9 Å². The normalized spacial score (nSPS) is 13.7. The molecule has 1 aromatic rings. The van der Waals surface area contributed by atoms with Gasteiger partial charge < -0.3 is 61.4 Å². The molecule has 1 aliphatic heterocycles. The van der Waals surface area contributed by atoms with Crippen molar-refractivity contribution in [1.82, 2.24) is 31.6 Å². The molecule has 0 bridgehead atoms. The van der Waals surface area contributed by atoms with Crippen molar-refractivity contribution in [3.8, 4) is 0 Å². The number of nitrogens with two attached hydrogens (primary N) is 1. The van der Waals surface area contributed by atoms with Crippen molar-refractivity contribution in [1.29, 1.82) is 0 Å². The fraction of sp³-hybridized carbons (Fsp3) is 0.651. The van der Waals surface area contributed by atoms with Crippen molar-refractivity contribution in [2.24, 2.45) is 22.5 Å². The van der Waals surface area contributed by atoms with Crippen LogP contribution in [0.3, 0.4) is 0 Å². The Morgan fingerprint density at radius 2 is 1.32 bits per heavy atom. The van der Waals surface area contributed by atoms with Crippen molar-refractivity contribution in [2.75, 3.05) is 64.6 Å². The average molecular weight is 921 g/mol. The number of amides is 9. The first-order valence-corrected chi connectivity index (χ1v) is 21.6. The first-order chi connectivity index (χ1) is 30.6. The number of benzene rings is 1. The molecule has 1 heterocycles. The number of imide groups is 1. The van der Waals surface area contributed by atoms with E-state index in [1.54, 1.807) is 52.0 Å².